The number of anilines is 2. The second-order valence-electron chi connectivity index (χ2n) is 9.01. The fraction of sp³-hybridized carbons (Fsp3) is 0.207. The molecule has 36 heavy (non-hydrogen) atoms. The lowest BCUT2D eigenvalue weighted by atomic mass is 10.1. The van der Waals surface area contributed by atoms with E-state index in [0.717, 1.165) is 63.4 Å². The van der Waals surface area contributed by atoms with Crippen LogP contribution >= 0.6 is 0 Å². The molecule has 0 amide bonds. The third-order valence-electron chi connectivity index (χ3n) is 6.55. The molecule has 1 aliphatic carbocycles. The molecule has 0 atom stereocenters. The highest BCUT2D eigenvalue weighted by Gasteiger charge is 2.19. The minimum absolute atomic E-state index is 0.169. The van der Waals surface area contributed by atoms with Crippen LogP contribution in [0.3, 0.4) is 0 Å². The van der Waals surface area contributed by atoms with Gasteiger partial charge in [0.05, 0.1) is 50.9 Å². The first-order valence-corrected chi connectivity index (χ1v) is 12.2. The molecule has 1 fully saturated rings. The van der Waals surface area contributed by atoms with Gasteiger partial charge in [-0.05, 0) is 74.4 Å². The summed E-state index contributed by atoms with van der Waals surface area (Å²) in [6, 6.07) is 22.7. The van der Waals surface area contributed by atoms with Crippen LogP contribution in [0.4, 0.5) is 15.8 Å². The third kappa shape index (κ3) is 4.33. The molecule has 0 spiro atoms. The van der Waals surface area contributed by atoms with E-state index in [1.54, 1.807) is 18.3 Å². The number of rotatable bonds is 4. The van der Waals surface area contributed by atoms with Gasteiger partial charge < -0.3 is 14.6 Å². The molecule has 1 aromatic heterocycles. The lowest BCUT2D eigenvalue weighted by Gasteiger charge is -2.22. The number of hydrogen-bond acceptors (Lipinski definition) is 5. The molecule has 3 heterocycles. The number of nitrogens with one attached hydrogen (secondary N) is 1. The number of nitrogens with zero attached hydrogens (tertiary/aromatic N) is 4. The first-order valence-electron chi connectivity index (χ1n) is 12.2. The van der Waals surface area contributed by atoms with Gasteiger partial charge in [-0.2, -0.15) is 0 Å². The van der Waals surface area contributed by atoms with Gasteiger partial charge in [-0.15, -0.1) is 0 Å². The lowest BCUT2D eigenvalue weighted by Crippen LogP contribution is -2.23. The van der Waals surface area contributed by atoms with Gasteiger partial charge in [-0.3, -0.25) is 9.98 Å². The smallest absolute Gasteiger partial charge is 0.125 e. The van der Waals surface area contributed by atoms with E-state index in [4.69, 9.17) is 14.7 Å². The third-order valence-corrected chi connectivity index (χ3v) is 6.55. The first kappa shape index (κ1) is 22.4. The highest BCUT2D eigenvalue weighted by atomic mass is 19.1. The Kier molecular flexibility index (Phi) is 5.91. The molecule has 6 rings (SSSR count). The number of fused-ring (bicyclic) bond motifs is 2. The Bertz CT molecular complexity index is 1590. The molecule has 0 saturated carbocycles. The van der Waals surface area contributed by atoms with E-state index in [1.807, 2.05) is 55.5 Å². The van der Waals surface area contributed by atoms with Crippen LogP contribution in [0, 0.1) is 12.7 Å². The zero-order valence-corrected chi connectivity index (χ0v) is 20.0. The molecular formula is C29H26FN5O. The van der Waals surface area contributed by atoms with Crippen molar-refractivity contribution < 1.29 is 9.13 Å². The molecule has 2 aliphatic heterocycles. The van der Waals surface area contributed by atoms with Gasteiger partial charge in [0, 0.05) is 25.1 Å². The molecular weight excluding hydrogens is 453 g/mol. The lowest BCUT2D eigenvalue weighted by molar-refractivity contribution is 0.0864. The molecule has 1 N–H and O–H groups in total. The van der Waals surface area contributed by atoms with E-state index in [-0.39, 0.29) is 11.9 Å². The highest BCUT2D eigenvalue weighted by Crippen LogP contribution is 2.31. The summed E-state index contributed by atoms with van der Waals surface area (Å²) in [7, 11) is 0. The fourth-order valence-electron chi connectivity index (χ4n) is 4.71. The Morgan fingerprint density at radius 3 is 2.67 bits per heavy atom. The SMILES string of the molecule is Cc1ncccc1Nc1cc2nc3ccccc3n(-c3cccc(F)c3)c-2c/c1=N\C1CCOCC1. The van der Waals surface area contributed by atoms with Gasteiger partial charge in [0.1, 0.15) is 5.82 Å². The Hall–Kier alpha value is -4.10. The Balaban J connectivity index is 1.64. The van der Waals surface area contributed by atoms with Gasteiger partial charge >= 0.3 is 0 Å². The fourth-order valence-corrected chi connectivity index (χ4v) is 4.71. The maximum atomic E-state index is 14.3. The molecule has 3 aromatic rings. The number of pyridine rings is 1. The Morgan fingerprint density at radius 1 is 0.972 bits per heavy atom. The summed E-state index contributed by atoms with van der Waals surface area (Å²) in [5.41, 5.74) is 6.78. The molecule has 0 unspecified atom stereocenters. The summed E-state index contributed by atoms with van der Waals surface area (Å²) in [5.74, 6) is -0.286. The zero-order valence-electron chi connectivity index (χ0n) is 20.0. The topological polar surface area (TPSA) is 64.3 Å². The molecule has 0 radical (unpaired) electrons. The summed E-state index contributed by atoms with van der Waals surface area (Å²) < 4.78 is 21.9. The number of hydrogen-bond donors (Lipinski definition) is 1. The summed E-state index contributed by atoms with van der Waals surface area (Å²) in [5, 5.41) is 4.38. The van der Waals surface area contributed by atoms with Gasteiger partial charge in [-0.1, -0.05) is 18.2 Å². The van der Waals surface area contributed by atoms with E-state index >= 15 is 0 Å². The number of aryl methyl sites for hydroxylation is 1. The average molecular weight is 480 g/mol. The van der Waals surface area contributed by atoms with Crippen LogP contribution in [0.5, 0.6) is 0 Å². The summed E-state index contributed by atoms with van der Waals surface area (Å²) in [6.07, 6.45) is 3.54. The van der Waals surface area contributed by atoms with Crippen LogP contribution in [0.1, 0.15) is 18.5 Å². The van der Waals surface area contributed by atoms with Crippen molar-refractivity contribution in [2.75, 3.05) is 18.5 Å². The van der Waals surface area contributed by atoms with Gasteiger partial charge in [0.15, 0.2) is 0 Å². The standard InChI is InChI=1S/C29H26FN5O/c1-19-23(9-5-13-31-19)33-25-17-27-29(18-26(25)32-21-11-14-36-15-12-21)35(22-7-4-6-20(30)16-22)28-10-3-2-8-24(28)34-27/h2-10,13,16-18,21,33H,11-12,14-15H2,1H3/b32-26+. The van der Waals surface area contributed by atoms with Crippen molar-refractivity contribution >= 4 is 22.4 Å². The predicted molar refractivity (Wildman–Crippen MR) is 139 cm³/mol. The number of halogens is 1. The first-order chi connectivity index (χ1) is 17.7. The van der Waals surface area contributed by atoms with Crippen molar-refractivity contribution in [2.45, 2.75) is 25.8 Å². The number of para-hydroxylation sites is 2. The number of aromatic nitrogens is 3. The van der Waals surface area contributed by atoms with Crippen LogP contribution in [-0.2, 0) is 4.74 Å². The van der Waals surface area contributed by atoms with Crippen LogP contribution in [0.15, 0.2) is 84.0 Å². The summed E-state index contributed by atoms with van der Waals surface area (Å²) in [4.78, 5) is 14.5. The van der Waals surface area contributed by atoms with Crippen molar-refractivity contribution in [1.29, 1.82) is 0 Å². The molecule has 0 bridgehead atoms. The van der Waals surface area contributed by atoms with Crippen molar-refractivity contribution in [3.8, 4) is 17.1 Å². The predicted octanol–water partition coefficient (Wildman–Crippen LogP) is 5.80. The van der Waals surface area contributed by atoms with Crippen molar-refractivity contribution in [2.24, 2.45) is 4.99 Å². The van der Waals surface area contributed by atoms with Gasteiger partial charge in [0.2, 0.25) is 0 Å². The van der Waals surface area contributed by atoms with Crippen LogP contribution in [-0.4, -0.2) is 33.8 Å². The summed E-state index contributed by atoms with van der Waals surface area (Å²) in [6.45, 7) is 3.39. The zero-order chi connectivity index (χ0) is 24.5. The summed E-state index contributed by atoms with van der Waals surface area (Å²) >= 11 is 0. The monoisotopic (exact) mass is 479 g/mol. The normalized spacial score (nSPS) is 15.0. The number of benzene rings is 3. The Morgan fingerprint density at radius 2 is 1.83 bits per heavy atom. The van der Waals surface area contributed by atoms with Crippen LogP contribution < -0.4 is 10.7 Å². The minimum Gasteiger partial charge on any atom is -0.381 e. The molecule has 3 aliphatic rings. The van der Waals surface area contributed by atoms with Crippen molar-refractivity contribution in [3.63, 3.8) is 0 Å². The van der Waals surface area contributed by atoms with Crippen molar-refractivity contribution in [3.05, 3.63) is 95.9 Å². The largest absolute Gasteiger partial charge is 0.381 e. The Labute approximate surface area is 208 Å². The van der Waals surface area contributed by atoms with Gasteiger partial charge in [-0.25, -0.2) is 9.37 Å². The molecule has 7 heteroatoms. The van der Waals surface area contributed by atoms with E-state index in [1.165, 1.54) is 6.07 Å². The highest BCUT2D eigenvalue weighted by molar-refractivity contribution is 5.84. The van der Waals surface area contributed by atoms with Crippen LogP contribution in [0.2, 0.25) is 0 Å². The molecule has 1 saturated heterocycles. The van der Waals surface area contributed by atoms with Crippen LogP contribution in [0.25, 0.3) is 28.1 Å². The van der Waals surface area contributed by atoms with Crippen molar-refractivity contribution in [1.82, 2.24) is 14.5 Å². The molecule has 2 aromatic carbocycles. The quantitative estimate of drug-likeness (QED) is 0.331. The minimum atomic E-state index is -0.286. The second kappa shape index (κ2) is 9.51. The second-order valence-corrected chi connectivity index (χ2v) is 9.01. The molecule has 6 nitrogen and oxygen atoms in total. The van der Waals surface area contributed by atoms with E-state index < -0.39 is 0 Å². The molecule has 180 valence electrons. The average Bonchev–Trinajstić information content (AvgIpc) is 2.89. The van der Waals surface area contributed by atoms with Gasteiger partial charge in [0.25, 0.3) is 0 Å². The number of ether oxygens (including phenoxy) is 1. The van der Waals surface area contributed by atoms with E-state index in [2.05, 4.69) is 20.9 Å². The maximum Gasteiger partial charge on any atom is 0.125 e. The van der Waals surface area contributed by atoms with E-state index in [0.29, 0.717) is 13.2 Å². The van der Waals surface area contributed by atoms with E-state index in [9.17, 15) is 4.39 Å². The maximum absolute atomic E-state index is 14.3.